The van der Waals surface area contributed by atoms with Crippen molar-refractivity contribution in [3.63, 3.8) is 0 Å². The molecule has 0 aromatic heterocycles. The molecule has 118 valence electrons. The Balaban J connectivity index is 1.80. The van der Waals surface area contributed by atoms with E-state index in [1.54, 1.807) is 0 Å². The number of nitrogens with zero attached hydrogens (tertiary/aromatic N) is 1. The van der Waals surface area contributed by atoms with Gasteiger partial charge in [-0.1, -0.05) is 35.9 Å². The summed E-state index contributed by atoms with van der Waals surface area (Å²) in [5.74, 6) is 0. The standard InChI is InChI=1S/C19H25NO2/c1-13-5-7-14(8-6-13)15-11-16-9-10-17(12-15)20(16)18(21)22-19(2,3)4/h5-8,11,16-17H,9-10,12H2,1-4H3. The van der Waals surface area contributed by atoms with Crippen molar-refractivity contribution in [3.05, 3.63) is 41.5 Å². The Labute approximate surface area is 133 Å². The van der Waals surface area contributed by atoms with Crippen LogP contribution < -0.4 is 0 Å². The summed E-state index contributed by atoms with van der Waals surface area (Å²) in [6.07, 6.45) is 5.13. The highest BCUT2D eigenvalue weighted by molar-refractivity contribution is 5.75. The molecule has 1 aromatic rings. The molecule has 2 unspecified atom stereocenters. The van der Waals surface area contributed by atoms with Gasteiger partial charge < -0.3 is 4.74 Å². The SMILES string of the molecule is Cc1ccc(C2=CC3CCC(C2)N3C(=O)OC(C)(C)C)cc1. The van der Waals surface area contributed by atoms with Gasteiger partial charge in [-0.2, -0.15) is 0 Å². The number of amides is 1. The first kappa shape index (κ1) is 15.1. The van der Waals surface area contributed by atoms with E-state index in [1.165, 1.54) is 16.7 Å². The lowest BCUT2D eigenvalue weighted by atomic mass is 9.94. The van der Waals surface area contributed by atoms with Crippen LogP contribution in [0.4, 0.5) is 4.79 Å². The zero-order valence-corrected chi connectivity index (χ0v) is 13.9. The smallest absolute Gasteiger partial charge is 0.411 e. The molecule has 1 aromatic carbocycles. The van der Waals surface area contributed by atoms with E-state index >= 15 is 0 Å². The van der Waals surface area contributed by atoms with Crippen LogP contribution in [0, 0.1) is 6.92 Å². The van der Waals surface area contributed by atoms with Crippen LogP contribution in [0.25, 0.3) is 5.57 Å². The number of hydrogen-bond acceptors (Lipinski definition) is 2. The molecule has 1 saturated heterocycles. The zero-order valence-electron chi connectivity index (χ0n) is 13.9. The molecule has 2 atom stereocenters. The first-order chi connectivity index (χ1) is 10.3. The van der Waals surface area contributed by atoms with Crippen molar-refractivity contribution in [1.29, 1.82) is 0 Å². The molecule has 0 aliphatic carbocycles. The molecule has 0 saturated carbocycles. The molecular formula is C19H25NO2. The third-order valence-corrected chi connectivity index (χ3v) is 4.42. The molecule has 2 heterocycles. The van der Waals surface area contributed by atoms with Crippen LogP contribution in [0.2, 0.25) is 0 Å². The molecule has 3 nitrogen and oxygen atoms in total. The zero-order chi connectivity index (χ0) is 15.9. The van der Waals surface area contributed by atoms with Gasteiger partial charge >= 0.3 is 6.09 Å². The summed E-state index contributed by atoms with van der Waals surface area (Å²) in [4.78, 5) is 14.4. The average Bonchev–Trinajstić information content (AvgIpc) is 2.69. The lowest BCUT2D eigenvalue weighted by Gasteiger charge is -2.35. The van der Waals surface area contributed by atoms with Crippen molar-refractivity contribution in [2.24, 2.45) is 0 Å². The summed E-state index contributed by atoms with van der Waals surface area (Å²) >= 11 is 0. The molecule has 1 fully saturated rings. The highest BCUT2D eigenvalue weighted by atomic mass is 16.6. The van der Waals surface area contributed by atoms with Crippen LogP contribution in [0.1, 0.15) is 51.2 Å². The van der Waals surface area contributed by atoms with Gasteiger partial charge in [0.25, 0.3) is 0 Å². The van der Waals surface area contributed by atoms with Gasteiger partial charge in [0.2, 0.25) is 0 Å². The number of fused-ring (bicyclic) bond motifs is 2. The highest BCUT2D eigenvalue weighted by Gasteiger charge is 2.41. The maximum absolute atomic E-state index is 12.4. The number of carbonyl (C=O) groups is 1. The van der Waals surface area contributed by atoms with E-state index in [-0.39, 0.29) is 18.2 Å². The van der Waals surface area contributed by atoms with Gasteiger partial charge in [-0.05, 0) is 58.1 Å². The number of rotatable bonds is 1. The molecule has 0 radical (unpaired) electrons. The molecule has 0 N–H and O–H groups in total. The fraction of sp³-hybridized carbons (Fsp3) is 0.526. The van der Waals surface area contributed by atoms with E-state index in [0.29, 0.717) is 0 Å². The maximum atomic E-state index is 12.4. The van der Waals surface area contributed by atoms with Crippen LogP contribution in [0.5, 0.6) is 0 Å². The normalized spacial score (nSPS) is 24.2. The predicted molar refractivity (Wildman–Crippen MR) is 88.7 cm³/mol. The van der Waals surface area contributed by atoms with Crippen LogP contribution in [0.3, 0.4) is 0 Å². The van der Waals surface area contributed by atoms with Gasteiger partial charge in [-0.25, -0.2) is 4.79 Å². The lowest BCUT2D eigenvalue weighted by molar-refractivity contribution is 0.0175. The topological polar surface area (TPSA) is 29.5 Å². The first-order valence-electron chi connectivity index (χ1n) is 8.12. The Bertz CT molecular complexity index is 595. The maximum Gasteiger partial charge on any atom is 0.411 e. The van der Waals surface area contributed by atoms with Crippen molar-refractivity contribution in [2.75, 3.05) is 0 Å². The molecule has 2 bridgehead atoms. The molecule has 2 aliphatic heterocycles. The first-order valence-corrected chi connectivity index (χ1v) is 8.12. The summed E-state index contributed by atoms with van der Waals surface area (Å²) in [6, 6.07) is 9.13. The van der Waals surface area contributed by atoms with Crippen molar-refractivity contribution in [2.45, 2.75) is 64.6 Å². The van der Waals surface area contributed by atoms with E-state index in [0.717, 1.165) is 19.3 Å². The number of carbonyl (C=O) groups excluding carboxylic acids is 1. The average molecular weight is 299 g/mol. The summed E-state index contributed by atoms with van der Waals surface area (Å²) in [6.45, 7) is 7.87. The Kier molecular flexibility index (Phi) is 3.75. The number of aryl methyl sites for hydroxylation is 1. The predicted octanol–water partition coefficient (Wildman–Crippen LogP) is 4.55. The van der Waals surface area contributed by atoms with Crippen molar-refractivity contribution >= 4 is 11.7 Å². The fourth-order valence-electron chi connectivity index (χ4n) is 3.41. The molecule has 3 heteroatoms. The van der Waals surface area contributed by atoms with Crippen molar-refractivity contribution in [1.82, 2.24) is 4.90 Å². The molecule has 2 aliphatic rings. The minimum Gasteiger partial charge on any atom is -0.444 e. The van der Waals surface area contributed by atoms with Gasteiger partial charge in [-0.3, -0.25) is 4.90 Å². The lowest BCUT2D eigenvalue weighted by Crippen LogP contribution is -2.45. The Hall–Kier alpha value is -1.77. The summed E-state index contributed by atoms with van der Waals surface area (Å²) in [5, 5.41) is 0. The second-order valence-electron chi connectivity index (χ2n) is 7.45. The van der Waals surface area contributed by atoms with Gasteiger partial charge in [0, 0.05) is 6.04 Å². The van der Waals surface area contributed by atoms with Gasteiger partial charge in [0.05, 0.1) is 6.04 Å². The number of ether oxygens (including phenoxy) is 1. The van der Waals surface area contributed by atoms with Crippen LogP contribution >= 0.6 is 0 Å². The van der Waals surface area contributed by atoms with E-state index in [9.17, 15) is 4.79 Å². The van der Waals surface area contributed by atoms with Gasteiger partial charge in [0.1, 0.15) is 5.60 Å². The molecular weight excluding hydrogens is 274 g/mol. The highest BCUT2D eigenvalue weighted by Crippen LogP contribution is 2.39. The quantitative estimate of drug-likeness (QED) is 0.761. The minimum atomic E-state index is -0.433. The van der Waals surface area contributed by atoms with Crippen LogP contribution in [-0.4, -0.2) is 28.7 Å². The molecule has 3 rings (SSSR count). The van der Waals surface area contributed by atoms with Crippen LogP contribution in [0.15, 0.2) is 30.3 Å². The van der Waals surface area contributed by atoms with Gasteiger partial charge in [-0.15, -0.1) is 0 Å². The third kappa shape index (κ3) is 3.03. The third-order valence-electron chi connectivity index (χ3n) is 4.42. The fourth-order valence-corrected chi connectivity index (χ4v) is 3.41. The summed E-state index contributed by atoms with van der Waals surface area (Å²) in [7, 11) is 0. The Morgan fingerprint density at radius 1 is 1.18 bits per heavy atom. The molecule has 22 heavy (non-hydrogen) atoms. The van der Waals surface area contributed by atoms with E-state index in [4.69, 9.17) is 4.74 Å². The van der Waals surface area contributed by atoms with Crippen molar-refractivity contribution < 1.29 is 9.53 Å². The molecule has 1 amide bonds. The van der Waals surface area contributed by atoms with Crippen molar-refractivity contribution in [3.8, 4) is 0 Å². The Morgan fingerprint density at radius 2 is 1.86 bits per heavy atom. The van der Waals surface area contributed by atoms with E-state index < -0.39 is 5.60 Å². The van der Waals surface area contributed by atoms with E-state index in [2.05, 4.69) is 37.3 Å². The van der Waals surface area contributed by atoms with Crippen LogP contribution in [-0.2, 0) is 4.74 Å². The second-order valence-corrected chi connectivity index (χ2v) is 7.45. The largest absolute Gasteiger partial charge is 0.444 e. The minimum absolute atomic E-state index is 0.167. The monoisotopic (exact) mass is 299 g/mol. The molecule has 0 spiro atoms. The number of hydrogen-bond donors (Lipinski definition) is 0. The second kappa shape index (κ2) is 5.45. The number of benzene rings is 1. The Morgan fingerprint density at radius 3 is 2.45 bits per heavy atom. The summed E-state index contributed by atoms with van der Waals surface area (Å²) < 4.78 is 5.57. The summed E-state index contributed by atoms with van der Waals surface area (Å²) in [5.41, 5.74) is 3.49. The van der Waals surface area contributed by atoms with Gasteiger partial charge in [0.15, 0.2) is 0 Å². The van der Waals surface area contributed by atoms with E-state index in [1.807, 2.05) is 25.7 Å².